The molecule has 16 heavy (non-hydrogen) atoms. The molecule has 2 rings (SSSR count). The second-order valence-corrected chi connectivity index (χ2v) is 5.12. The van der Waals surface area contributed by atoms with Crippen LogP contribution in [0.5, 0.6) is 0 Å². The topological polar surface area (TPSA) is 64.3 Å². The van der Waals surface area contributed by atoms with Crippen molar-refractivity contribution < 1.29 is 9.53 Å². The highest BCUT2D eigenvalue weighted by Crippen LogP contribution is 2.57. The van der Waals surface area contributed by atoms with Crippen molar-refractivity contribution in [2.75, 3.05) is 6.61 Å². The summed E-state index contributed by atoms with van der Waals surface area (Å²) in [6, 6.07) is -0.125. The van der Waals surface area contributed by atoms with Gasteiger partial charge in [0.2, 0.25) is 5.91 Å². The molecule has 0 aliphatic heterocycles. The number of ether oxygens (including phenoxy) is 1. The van der Waals surface area contributed by atoms with Gasteiger partial charge in [0.1, 0.15) is 0 Å². The van der Waals surface area contributed by atoms with Crippen LogP contribution >= 0.6 is 0 Å². The third kappa shape index (κ3) is 1.74. The molecule has 1 amide bonds. The Hall–Kier alpha value is -0.610. The second kappa shape index (κ2) is 4.34. The van der Waals surface area contributed by atoms with Crippen LogP contribution in [0, 0.1) is 5.41 Å². The first-order chi connectivity index (χ1) is 7.60. The van der Waals surface area contributed by atoms with Crippen LogP contribution in [-0.4, -0.2) is 30.7 Å². The average molecular weight is 226 g/mol. The number of carbonyl (C=O) groups is 1. The van der Waals surface area contributed by atoms with E-state index in [1.54, 1.807) is 6.92 Å². The lowest BCUT2D eigenvalue weighted by atomic mass is 9.51. The summed E-state index contributed by atoms with van der Waals surface area (Å²) in [4.78, 5) is 11.6. The molecule has 0 aromatic carbocycles. The summed E-state index contributed by atoms with van der Waals surface area (Å²) >= 11 is 0. The minimum Gasteiger partial charge on any atom is -0.378 e. The van der Waals surface area contributed by atoms with Crippen molar-refractivity contribution in [3.05, 3.63) is 0 Å². The fraction of sp³-hybridized carbons (Fsp3) is 0.917. The van der Waals surface area contributed by atoms with Gasteiger partial charge in [0.15, 0.2) is 0 Å². The monoisotopic (exact) mass is 226 g/mol. The van der Waals surface area contributed by atoms with Crippen LogP contribution in [0.4, 0.5) is 0 Å². The summed E-state index contributed by atoms with van der Waals surface area (Å²) in [5.41, 5.74) is 5.80. The van der Waals surface area contributed by atoms with Crippen LogP contribution in [0.1, 0.15) is 39.5 Å². The van der Waals surface area contributed by atoms with Gasteiger partial charge in [-0.2, -0.15) is 0 Å². The molecule has 4 nitrogen and oxygen atoms in total. The Morgan fingerprint density at radius 3 is 2.75 bits per heavy atom. The number of nitrogens with one attached hydrogen (secondary N) is 1. The van der Waals surface area contributed by atoms with Crippen molar-refractivity contribution in [2.45, 2.75) is 57.7 Å². The molecule has 2 aliphatic carbocycles. The summed E-state index contributed by atoms with van der Waals surface area (Å²) < 4.78 is 5.73. The summed E-state index contributed by atoms with van der Waals surface area (Å²) in [5.74, 6) is -0.0359. The number of hydrogen-bond donors (Lipinski definition) is 2. The fourth-order valence-electron chi connectivity index (χ4n) is 2.94. The molecule has 0 aromatic rings. The van der Waals surface area contributed by atoms with E-state index in [2.05, 4.69) is 5.32 Å². The van der Waals surface area contributed by atoms with Crippen molar-refractivity contribution in [1.29, 1.82) is 0 Å². The number of rotatable bonds is 4. The number of amides is 1. The lowest BCUT2D eigenvalue weighted by molar-refractivity contribution is -0.176. The molecule has 3 N–H and O–H groups in total. The zero-order chi connectivity index (χ0) is 11.8. The van der Waals surface area contributed by atoms with Crippen molar-refractivity contribution in [2.24, 2.45) is 11.1 Å². The largest absolute Gasteiger partial charge is 0.378 e. The van der Waals surface area contributed by atoms with Gasteiger partial charge in [0.05, 0.1) is 12.1 Å². The smallest absolute Gasteiger partial charge is 0.236 e. The maximum absolute atomic E-state index is 11.6. The van der Waals surface area contributed by atoms with Gasteiger partial charge in [-0.3, -0.25) is 4.79 Å². The molecule has 1 spiro atoms. The quantitative estimate of drug-likeness (QED) is 0.745. The van der Waals surface area contributed by atoms with E-state index in [-0.39, 0.29) is 17.4 Å². The van der Waals surface area contributed by atoms with E-state index in [4.69, 9.17) is 10.5 Å². The molecule has 0 aromatic heterocycles. The van der Waals surface area contributed by atoms with Crippen molar-refractivity contribution in [1.82, 2.24) is 5.32 Å². The van der Waals surface area contributed by atoms with Gasteiger partial charge in [-0.1, -0.05) is 6.42 Å². The summed E-state index contributed by atoms with van der Waals surface area (Å²) in [7, 11) is 0. The summed E-state index contributed by atoms with van der Waals surface area (Å²) in [5, 5.41) is 3.05. The highest BCUT2D eigenvalue weighted by Gasteiger charge is 2.59. The Morgan fingerprint density at radius 2 is 2.31 bits per heavy atom. The molecule has 2 fully saturated rings. The van der Waals surface area contributed by atoms with Gasteiger partial charge < -0.3 is 15.8 Å². The van der Waals surface area contributed by atoms with Gasteiger partial charge in [-0.25, -0.2) is 0 Å². The Morgan fingerprint density at radius 1 is 1.62 bits per heavy atom. The van der Waals surface area contributed by atoms with Crippen LogP contribution in [0.15, 0.2) is 0 Å². The van der Waals surface area contributed by atoms with E-state index in [1.165, 1.54) is 19.3 Å². The minimum atomic E-state index is -0.414. The Kier molecular flexibility index (Phi) is 3.22. The maximum atomic E-state index is 11.6. The molecular formula is C12H22N2O2. The van der Waals surface area contributed by atoms with Crippen LogP contribution in [-0.2, 0) is 9.53 Å². The number of carbonyl (C=O) groups excluding carboxylic acids is 1. The van der Waals surface area contributed by atoms with Crippen molar-refractivity contribution in [3.8, 4) is 0 Å². The minimum absolute atomic E-state index is 0.0359. The molecule has 0 heterocycles. The zero-order valence-electron chi connectivity index (χ0n) is 10.2. The molecular weight excluding hydrogens is 204 g/mol. The fourth-order valence-corrected chi connectivity index (χ4v) is 2.94. The highest BCUT2D eigenvalue weighted by molar-refractivity contribution is 5.81. The summed E-state index contributed by atoms with van der Waals surface area (Å²) in [6.45, 7) is 4.52. The molecule has 3 atom stereocenters. The molecule has 2 unspecified atom stereocenters. The lowest BCUT2D eigenvalue weighted by Gasteiger charge is -2.61. The van der Waals surface area contributed by atoms with Crippen molar-refractivity contribution in [3.63, 3.8) is 0 Å². The molecule has 2 aliphatic rings. The molecule has 2 saturated carbocycles. The predicted octanol–water partition coefficient (Wildman–Crippen LogP) is 0.797. The third-order valence-corrected chi connectivity index (χ3v) is 4.17. The Balaban J connectivity index is 1.91. The first kappa shape index (κ1) is 11.9. The lowest BCUT2D eigenvalue weighted by Crippen LogP contribution is -2.68. The molecule has 0 radical (unpaired) electrons. The molecule has 4 heteroatoms. The van der Waals surface area contributed by atoms with Crippen LogP contribution in [0.3, 0.4) is 0 Å². The van der Waals surface area contributed by atoms with Gasteiger partial charge in [0, 0.05) is 18.1 Å². The predicted molar refractivity (Wildman–Crippen MR) is 61.9 cm³/mol. The van der Waals surface area contributed by atoms with E-state index in [0.29, 0.717) is 6.10 Å². The van der Waals surface area contributed by atoms with E-state index in [9.17, 15) is 4.79 Å². The standard InChI is InChI=1S/C12H22N2O2/c1-3-16-10-7-9(12(10)5-4-6-12)14-11(15)8(2)13/h8-10H,3-7,13H2,1-2H3,(H,14,15)/t8-,9?,10?/m1/s1. The maximum Gasteiger partial charge on any atom is 0.236 e. The van der Waals surface area contributed by atoms with Gasteiger partial charge in [-0.15, -0.1) is 0 Å². The normalized spacial score (nSPS) is 32.7. The van der Waals surface area contributed by atoms with Gasteiger partial charge in [0.25, 0.3) is 0 Å². The SMILES string of the molecule is CCOC1CC(NC(=O)[C@@H](C)N)C12CCC2. The number of hydrogen-bond acceptors (Lipinski definition) is 3. The van der Waals surface area contributed by atoms with Crippen LogP contribution in [0.25, 0.3) is 0 Å². The van der Waals surface area contributed by atoms with E-state index in [0.717, 1.165) is 13.0 Å². The highest BCUT2D eigenvalue weighted by atomic mass is 16.5. The van der Waals surface area contributed by atoms with Gasteiger partial charge in [-0.05, 0) is 33.1 Å². The van der Waals surface area contributed by atoms with Crippen LogP contribution in [0.2, 0.25) is 0 Å². The third-order valence-electron chi connectivity index (χ3n) is 4.17. The van der Waals surface area contributed by atoms with Gasteiger partial charge >= 0.3 is 0 Å². The zero-order valence-corrected chi connectivity index (χ0v) is 10.2. The van der Waals surface area contributed by atoms with Crippen LogP contribution < -0.4 is 11.1 Å². The average Bonchev–Trinajstić information content (AvgIpc) is 2.12. The Labute approximate surface area is 96.9 Å². The van der Waals surface area contributed by atoms with E-state index in [1.807, 2.05) is 6.92 Å². The molecule has 0 bridgehead atoms. The number of nitrogens with two attached hydrogens (primary N) is 1. The van der Waals surface area contributed by atoms with Crippen molar-refractivity contribution >= 4 is 5.91 Å². The first-order valence-corrected chi connectivity index (χ1v) is 6.27. The second-order valence-electron chi connectivity index (χ2n) is 5.12. The van der Waals surface area contributed by atoms with E-state index < -0.39 is 6.04 Å². The van der Waals surface area contributed by atoms with E-state index >= 15 is 0 Å². The molecule has 92 valence electrons. The summed E-state index contributed by atoms with van der Waals surface area (Å²) in [6.07, 6.45) is 4.92. The first-order valence-electron chi connectivity index (χ1n) is 6.27. The molecule has 0 saturated heterocycles. The Bertz CT molecular complexity index is 274.